The molecule has 0 aliphatic heterocycles. The van der Waals surface area contributed by atoms with Gasteiger partial charge in [-0.2, -0.15) is 0 Å². The summed E-state index contributed by atoms with van der Waals surface area (Å²) in [5, 5.41) is 3.19. The second-order valence-electron chi connectivity index (χ2n) is 4.57. The van der Waals surface area contributed by atoms with Crippen LogP contribution in [0.1, 0.15) is 31.9 Å². The van der Waals surface area contributed by atoms with E-state index in [9.17, 15) is 0 Å². The zero-order valence-corrected chi connectivity index (χ0v) is 10.0. The minimum absolute atomic E-state index is 0.144. The van der Waals surface area contributed by atoms with E-state index >= 15 is 0 Å². The van der Waals surface area contributed by atoms with Crippen molar-refractivity contribution in [3.8, 4) is 0 Å². The minimum Gasteiger partial charge on any atom is -0.318 e. The predicted octanol–water partition coefficient (Wildman–Crippen LogP) is 2.03. The summed E-state index contributed by atoms with van der Waals surface area (Å²) in [6.07, 6.45) is 1.10. The molecule has 0 saturated heterocycles. The lowest BCUT2D eigenvalue weighted by atomic mass is 9.84. The van der Waals surface area contributed by atoms with Gasteiger partial charge in [0.2, 0.25) is 0 Å². The lowest BCUT2D eigenvalue weighted by Gasteiger charge is -2.25. The quantitative estimate of drug-likeness (QED) is 0.723. The van der Waals surface area contributed by atoms with E-state index in [2.05, 4.69) is 50.4 Å². The van der Waals surface area contributed by atoms with Gasteiger partial charge in [0.15, 0.2) is 0 Å². The Hall–Kier alpha value is -0.860. The summed E-state index contributed by atoms with van der Waals surface area (Å²) < 4.78 is 0. The summed E-state index contributed by atoms with van der Waals surface area (Å²) >= 11 is 0. The van der Waals surface area contributed by atoms with Crippen molar-refractivity contribution in [1.82, 2.24) is 5.32 Å². The number of nitrogens with one attached hydrogen (secondary N) is 1. The molecule has 0 saturated carbocycles. The van der Waals surface area contributed by atoms with E-state index in [-0.39, 0.29) is 5.41 Å². The van der Waals surface area contributed by atoms with Crippen LogP contribution >= 0.6 is 0 Å². The Labute approximate surface area is 92.9 Å². The fourth-order valence-corrected chi connectivity index (χ4v) is 1.68. The Morgan fingerprint density at radius 3 is 2.27 bits per heavy atom. The second kappa shape index (κ2) is 5.29. The fraction of sp³-hybridized carbons (Fsp3) is 0.538. The van der Waals surface area contributed by atoms with E-state index in [1.165, 1.54) is 11.1 Å². The van der Waals surface area contributed by atoms with Gasteiger partial charge in [0.05, 0.1) is 0 Å². The lowest BCUT2D eigenvalue weighted by Crippen LogP contribution is -2.35. The van der Waals surface area contributed by atoms with Crippen molar-refractivity contribution < 1.29 is 0 Å². The van der Waals surface area contributed by atoms with Crippen LogP contribution in [-0.2, 0) is 11.8 Å². The molecular weight excluding hydrogens is 184 g/mol. The SMILES string of the molecule is CCc1ccc(C(C)(C)CNCN)cc1. The molecule has 15 heavy (non-hydrogen) atoms. The van der Waals surface area contributed by atoms with Crippen LogP contribution in [0.4, 0.5) is 0 Å². The number of benzene rings is 1. The van der Waals surface area contributed by atoms with Crippen LogP contribution < -0.4 is 11.1 Å². The highest BCUT2D eigenvalue weighted by Gasteiger charge is 2.19. The summed E-state index contributed by atoms with van der Waals surface area (Å²) in [5.74, 6) is 0. The molecule has 1 aromatic carbocycles. The molecule has 0 radical (unpaired) electrons. The van der Waals surface area contributed by atoms with Gasteiger partial charge in [0.25, 0.3) is 0 Å². The van der Waals surface area contributed by atoms with Gasteiger partial charge in [-0.05, 0) is 17.5 Å². The van der Waals surface area contributed by atoms with Gasteiger partial charge < -0.3 is 11.1 Å². The average molecular weight is 206 g/mol. The Kier molecular flexibility index (Phi) is 4.30. The van der Waals surface area contributed by atoms with Crippen LogP contribution in [0.15, 0.2) is 24.3 Å². The van der Waals surface area contributed by atoms with Crippen molar-refractivity contribution in [2.75, 3.05) is 13.2 Å². The third-order valence-corrected chi connectivity index (χ3v) is 2.85. The maximum absolute atomic E-state index is 5.45. The molecule has 0 heterocycles. The zero-order chi connectivity index (χ0) is 11.3. The summed E-state index contributed by atoms with van der Waals surface area (Å²) in [6.45, 7) is 8.09. The monoisotopic (exact) mass is 206 g/mol. The molecule has 0 aliphatic rings. The Morgan fingerprint density at radius 1 is 1.20 bits per heavy atom. The highest BCUT2D eigenvalue weighted by Crippen LogP contribution is 2.22. The zero-order valence-electron chi connectivity index (χ0n) is 10.0. The van der Waals surface area contributed by atoms with Crippen molar-refractivity contribution in [3.63, 3.8) is 0 Å². The van der Waals surface area contributed by atoms with Crippen molar-refractivity contribution in [1.29, 1.82) is 0 Å². The van der Waals surface area contributed by atoms with Gasteiger partial charge in [-0.3, -0.25) is 0 Å². The topological polar surface area (TPSA) is 38.0 Å². The molecule has 2 nitrogen and oxygen atoms in total. The summed E-state index contributed by atoms with van der Waals surface area (Å²) in [6, 6.07) is 8.85. The molecule has 1 rings (SSSR count). The van der Waals surface area contributed by atoms with Crippen LogP contribution in [0.2, 0.25) is 0 Å². The van der Waals surface area contributed by atoms with Crippen molar-refractivity contribution in [3.05, 3.63) is 35.4 Å². The molecule has 0 unspecified atom stereocenters. The van der Waals surface area contributed by atoms with Crippen LogP contribution in [0, 0.1) is 0 Å². The number of nitrogens with two attached hydrogens (primary N) is 1. The Morgan fingerprint density at radius 2 is 1.80 bits per heavy atom. The molecule has 84 valence electrons. The third kappa shape index (κ3) is 3.33. The molecule has 0 atom stereocenters. The molecule has 0 fully saturated rings. The second-order valence-corrected chi connectivity index (χ2v) is 4.57. The van der Waals surface area contributed by atoms with Gasteiger partial charge in [-0.1, -0.05) is 45.0 Å². The molecule has 0 amide bonds. The molecule has 1 aromatic rings. The molecule has 2 heteroatoms. The smallest absolute Gasteiger partial charge is 0.0429 e. The molecule has 0 bridgehead atoms. The number of rotatable bonds is 5. The average Bonchev–Trinajstić information content (AvgIpc) is 2.26. The minimum atomic E-state index is 0.144. The molecule has 0 aliphatic carbocycles. The van der Waals surface area contributed by atoms with E-state index in [0.717, 1.165) is 13.0 Å². The van der Waals surface area contributed by atoms with Crippen LogP contribution in [0.25, 0.3) is 0 Å². The first-order valence-electron chi connectivity index (χ1n) is 5.60. The van der Waals surface area contributed by atoms with Crippen molar-refractivity contribution >= 4 is 0 Å². The van der Waals surface area contributed by atoms with E-state index in [1.54, 1.807) is 0 Å². The first-order chi connectivity index (χ1) is 7.10. The van der Waals surface area contributed by atoms with Gasteiger partial charge in [0.1, 0.15) is 0 Å². The normalized spacial score (nSPS) is 11.7. The van der Waals surface area contributed by atoms with Crippen LogP contribution in [0.5, 0.6) is 0 Å². The largest absolute Gasteiger partial charge is 0.318 e. The van der Waals surface area contributed by atoms with Crippen LogP contribution in [0.3, 0.4) is 0 Å². The first kappa shape index (κ1) is 12.2. The molecule has 3 N–H and O–H groups in total. The van der Waals surface area contributed by atoms with Gasteiger partial charge in [-0.15, -0.1) is 0 Å². The third-order valence-electron chi connectivity index (χ3n) is 2.85. The number of aryl methyl sites for hydroxylation is 1. The number of hydrogen-bond acceptors (Lipinski definition) is 2. The highest BCUT2D eigenvalue weighted by atomic mass is 15.0. The summed E-state index contributed by atoms with van der Waals surface area (Å²) in [5.41, 5.74) is 8.34. The molecule has 0 aromatic heterocycles. The maximum atomic E-state index is 5.45. The van der Waals surface area contributed by atoms with Gasteiger partial charge in [0, 0.05) is 18.6 Å². The summed E-state index contributed by atoms with van der Waals surface area (Å²) in [4.78, 5) is 0. The van der Waals surface area contributed by atoms with E-state index < -0.39 is 0 Å². The van der Waals surface area contributed by atoms with E-state index in [0.29, 0.717) is 6.67 Å². The van der Waals surface area contributed by atoms with Crippen molar-refractivity contribution in [2.45, 2.75) is 32.6 Å². The standard InChI is InChI=1S/C13H22N2/c1-4-11-5-7-12(8-6-11)13(2,3)9-15-10-14/h5-8,15H,4,9-10,14H2,1-3H3. The first-order valence-corrected chi connectivity index (χ1v) is 5.60. The molecular formula is C13H22N2. The van der Waals surface area contributed by atoms with Crippen molar-refractivity contribution in [2.24, 2.45) is 5.73 Å². The van der Waals surface area contributed by atoms with E-state index in [4.69, 9.17) is 5.73 Å². The fourth-order valence-electron chi connectivity index (χ4n) is 1.68. The Balaban J connectivity index is 2.75. The maximum Gasteiger partial charge on any atom is 0.0429 e. The molecule has 0 spiro atoms. The summed E-state index contributed by atoms with van der Waals surface area (Å²) in [7, 11) is 0. The lowest BCUT2D eigenvalue weighted by molar-refractivity contribution is 0.474. The predicted molar refractivity (Wildman–Crippen MR) is 65.9 cm³/mol. The Bertz CT molecular complexity index is 288. The van der Waals surface area contributed by atoms with Crippen LogP contribution in [-0.4, -0.2) is 13.2 Å². The highest BCUT2D eigenvalue weighted by molar-refractivity contribution is 5.28. The number of hydrogen-bond donors (Lipinski definition) is 2. The van der Waals surface area contributed by atoms with E-state index in [1.807, 2.05) is 0 Å². The van der Waals surface area contributed by atoms with Gasteiger partial charge >= 0.3 is 0 Å². The van der Waals surface area contributed by atoms with Gasteiger partial charge in [-0.25, -0.2) is 0 Å².